The molecule has 3 heteroatoms. The van der Waals surface area contributed by atoms with E-state index in [4.69, 9.17) is 0 Å². The number of fused-ring (bicyclic) bond motifs is 1. The van der Waals surface area contributed by atoms with Crippen molar-refractivity contribution in [2.45, 2.75) is 53.5 Å². The fourth-order valence-electron chi connectivity index (χ4n) is 2.56. The predicted molar refractivity (Wildman–Crippen MR) is 63.7 cm³/mol. The van der Waals surface area contributed by atoms with Gasteiger partial charge in [-0.25, -0.2) is 0 Å². The summed E-state index contributed by atoms with van der Waals surface area (Å²) in [5, 5.41) is 4.58. The maximum Gasteiger partial charge on any atom is 0.167 e. The Labute approximate surface area is 96.8 Å². The Morgan fingerprint density at radius 3 is 2.69 bits per heavy atom. The smallest absolute Gasteiger partial charge is 0.167 e. The number of Topliss-reactive ketones (excluding diaryl/α,β-unsaturated/α-hetero) is 1. The molecule has 16 heavy (non-hydrogen) atoms. The van der Waals surface area contributed by atoms with Crippen LogP contribution < -0.4 is 0 Å². The summed E-state index contributed by atoms with van der Waals surface area (Å²) in [6.45, 7) is 9.33. The van der Waals surface area contributed by atoms with E-state index in [-0.39, 0.29) is 11.2 Å². The number of hydrogen-bond donors (Lipinski definition) is 0. The van der Waals surface area contributed by atoms with Crippen molar-refractivity contribution >= 4 is 5.78 Å². The first-order chi connectivity index (χ1) is 7.44. The standard InChI is InChI=1S/C13H20N2O/c1-5-6-15-9(2)12-10(14-15)7-13(3,4)8-11(12)16/h5-8H2,1-4H3. The zero-order valence-electron chi connectivity index (χ0n) is 10.6. The van der Waals surface area contributed by atoms with E-state index in [1.807, 2.05) is 11.6 Å². The Bertz CT molecular complexity index is 429. The summed E-state index contributed by atoms with van der Waals surface area (Å²) in [6.07, 6.45) is 2.63. The van der Waals surface area contributed by atoms with Crippen molar-refractivity contribution in [1.82, 2.24) is 9.78 Å². The zero-order valence-corrected chi connectivity index (χ0v) is 10.6. The molecular weight excluding hydrogens is 200 g/mol. The highest BCUT2D eigenvalue weighted by Crippen LogP contribution is 2.35. The summed E-state index contributed by atoms with van der Waals surface area (Å²) in [4.78, 5) is 12.1. The van der Waals surface area contributed by atoms with Gasteiger partial charge in [0.05, 0.1) is 11.3 Å². The number of aryl methyl sites for hydroxylation is 1. The molecule has 0 aromatic carbocycles. The lowest BCUT2D eigenvalue weighted by atomic mass is 9.76. The van der Waals surface area contributed by atoms with Crippen molar-refractivity contribution in [3.05, 3.63) is 17.0 Å². The summed E-state index contributed by atoms with van der Waals surface area (Å²) in [5.41, 5.74) is 3.03. The van der Waals surface area contributed by atoms with Crippen LogP contribution in [0.2, 0.25) is 0 Å². The van der Waals surface area contributed by atoms with E-state index in [0.717, 1.165) is 36.3 Å². The molecule has 1 heterocycles. The van der Waals surface area contributed by atoms with E-state index in [0.29, 0.717) is 6.42 Å². The number of rotatable bonds is 2. The molecule has 0 N–H and O–H groups in total. The Morgan fingerprint density at radius 2 is 2.06 bits per heavy atom. The summed E-state index contributed by atoms with van der Waals surface area (Å²) in [7, 11) is 0. The second kappa shape index (κ2) is 3.72. The van der Waals surface area contributed by atoms with Gasteiger partial charge in [0, 0.05) is 18.7 Å². The lowest BCUT2D eigenvalue weighted by Gasteiger charge is -2.27. The largest absolute Gasteiger partial charge is 0.294 e. The zero-order chi connectivity index (χ0) is 11.9. The van der Waals surface area contributed by atoms with Crippen molar-refractivity contribution in [2.24, 2.45) is 5.41 Å². The van der Waals surface area contributed by atoms with Crippen molar-refractivity contribution in [3.8, 4) is 0 Å². The fourth-order valence-corrected chi connectivity index (χ4v) is 2.56. The molecule has 0 amide bonds. The summed E-state index contributed by atoms with van der Waals surface area (Å²) >= 11 is 0. The van der Waals surface area contributed by atoms with Gasteiger partial charge in [0.2, 0.25) is 0 Å². The quantitative estimate of drug-likeness (QED) is 0.768. The van der Waals surface area contributed by atoms with Gasteiger partial charge in [-0.15, -0.1) is 0 Å². The van der Waals surface area contributed by atoms with E-state index < -0.39 is 0 Å². The normalized spacial score (nSPS) is 18.6. The van der Waals surface area contributed by atoms with Crippen LogP contribution in [0.4, 0.5) is 0 Å². The average Bonchev–Trinajstić information content (AvgIpc) is 2.41. The SMILES string of the molecule is CCCn1nc2c(c1C)C(=O)CC(C)(C)C2. The monoisotopic (exact) mass is 220 g/mol. The van der Waals surface area contributed by atoms with Crippen molar-refractivity contribution in [3.63, 3.8) is 0 Å². The first-order valence-corrected chi connectivity index (χ1v) is 6.04. The van der Waals surface area contributed by atoms with Gasteiger partial charge in [0.25, 0.3) is 0 Å². The van der Waals surface area contributed by atoms with E-state index in [9.17, 15) is 4.79 Å². The second-order valence-electron chi connectivity index (χ2n) is 5.57. The molecular formula is C13H20N2O. The molecule has 0 unspecified atom stereocenters. The Hall–Kier alpha value is -1.12. The molecule has 0 radical (unpaired) electrons. The summed E-state index contributed by atoms with van der Waals surface area (Å²) in [5.74, 6) is 0.270. The number of aromatic nitrogens is 2. The van der Waals surface area contributed by atoms with Crippen LogP contribution in [-0.2, 0) is 13.0 Å². The second-order valence-corrected chi connectivity index (χ2v) is 5.57. The first-order valence-electron chi connectivity index (χ1n) is 6.04. The highest BCUT2D eigenvalue weighted by atomic mass is 16.1. The van der Waals surface area contributed by atoms with Crippen LogP contribution in [0.5, 0.6) is 0 Å². The van der Waals surface area contributed by atoms with Gasteiger partial charge in [0.15, 0.2) is 5.78 Å². The maximum absolute atomic E-state index is 12.1. The highest BCUT2D eigenvalue weighted by molar-refractivity contribution is 5.99. The molecule has 0 fully saturated rings. The molecule has 1 aliphatic rings. The molecule has 2 rings (SSSR count). The minimum atomic E-state index is 0.0714. The number of nitrogens with zero attached hydrogens (tertiary/aromatic N) is 2. The number of hydrogen-bond acceptors (Lipinski definition) is 2. The third-order valence-corrected chi connectivity index (χ3v) is 3.28. The van der Waals surface area contributed by atoms with Crippen molar-refractivity contribution in [1.29, 1.82) is 0 Å². The maximum atomic E-state index is 12.1. The first kappa shape index (κ1) is 11.4. The van der Waals surface area contributed by atoms with Crippen LogP contribution in [0, 0.1) is 12.3 Å². The van der Waals surface area contributed by atoms with E-state index in [2.05, 4.69) is 25.9 Å². The van der Waals surface area contributed by atoms with Gasteiger partial charge in [0.1, 0.15) is 0 Å². The third kappa shape index (κ3) is 1.79. The van der Waals surface area contributed by atoms with Crippen LogP contribution in [-0.4, -0.2) is 15.6 Å². The fraction of sp³-hybridized carbons (Fsp3) is 0.692. The topological polar surface area (TPSA) is 34.9 Å². The van der Waals surface area contributed by atoms with Gasteiger partial charge < -0.3 is 0 Å². The van der Waals surface area contributed by atoms with Gasteiger partial charge in [-0.3, -0.25) is 9.48 Å². The van der Waals surface area contributed by atoms with Crippen LogP contribution in [0.1, 0.15) is 55.4 Å². The molecule has 88 valence electrons. The molecule has 1 aliphatic carbocycles. The van der Waals surface area contributed by atoms with Crippen LogP contribution in [0.3, 0.4) is 0 Å². The van der Waals surface area contributed by atoms with E-state index in [1.165, 1.54) is 0 Å². The summed E-state index contributed by atoms with van der Waals surface area (Å²) < 4.78 is 1.99. The molecule has 1 aromatic heterocycles. The van der Waals surface area contributed by atoms with Gasteiger partial charge >= 0.3 is 0 Å². The van der Waals surface area contributed by atoms with E-state index >= 15 is 0 Å². The Morgan fingerprint density at radius 1 is 1.38 bits per heavy atom. The highest BCUT2D eigenvalue weighted by Gasteiger charge is 2.34. The number of ketones is 1. The van der Waals surface area contributed by atoms with Crippen molar-refractivity contribution < 1.29 is 4.79 Å². The number of carbonyl (C=O) groups is 1. The van der Waals surface area contributed by atoms with Crippen LogP contribution in [0.15, 0.2) is 0 Å². The molecule has 0 saturated heterocycles. The molecule has 0 bridgehead atoms. The average molecular weight is 220 g/mol. The molecule has 1 aromatic rings. The molecule has 0 saturated carbocycles. The van der Waals surface area contributed by atoms with Crippen LogP contribution >= 0.6 is 0 Å². The van der Waals surface area contributed by atoms with Crippen LogP contribution in [0.25, 0.3) is 0 Å². The lowest BCUT2D eigenvalue weighted by Crippen LogP contribution is -2.26. The number of carbonyl (C=O) groups excluding carboxylic acids is 1. The minimum Gasteiger partial charge on any atom is -0.294 e. The lowest BCUT2D eigenvalue weighted by molar-refractivity contribution is 0.0911. The third-order valence-electron chi connectivity index (χ3n) is 3.28. The van der Waals surface area contributed by atoms with Gasteiger partial charge in [-0.05, 0) is 25.2 Å². The van der Waals surface area contributed by atoms with E-state index in [1.54, 1.807) is 0 Å². The Balaban J connectivity index is 2.45. The molecule has 3 nitrogen and oxygen atoms in total. The summed E-state index contributed by atoms with van der Waals surface area (Å²) in [6, 6.07) is 0. The molecule has 0 aliphatic heterocycles. The molecule has 0 atom stereocenters. The predicted octanol–water partition coefficient (Wildman–Crippen LogP) is 2.76. The Kier molecular flexibility index (Phi) is 2.64. The minimum absolute atomic E-state index is 0.0714. The molecule has 0 spiro atoms. The van der Waals surface area contributed by atoms with Gasteiger partial charge in [-0.2, -0.15) is 5.10 Å². The van der Waals surface area contributed by atoms with Crippen molar-refractivity contribution in [2.75, 3.05) is 0 Å². The van der Waals surface area contributed by atoms with Gasteiger partial charge in [-0.1, -0.05) is 20.8 Å².